The maximum absolute atomic E-state index is 12.4. The van der Waals surface area contributed by atoms with Crippen LogP contribution in [0.3, 0.4) is 0 Å². The SMILES string of the molecule is COCC(C)NC1CCC(Nc2cc(-c3c[nH]c(=O)c(OCC4(C#N)CCOCC4)n3)c(Cl)cn2)CC1. The minimum absolute atomic E-state index is 0.0745. The van der Waals surface area contributed by atoms with Gasteiger partial charge >= 0.3 is 5.56 Å². The normalized spacial score (nSPS) is 22.1. The van der Waals surface area contributed by atoms with Crippen LogP contribution in [0.2, 0.25) is 5.02 Å². The van der Waals surface area contributed by atoms with Crippen LogP contribution in [0.5, 0.6) is 5.88 Å². The van der Waals surface area contributed by atoms with E-state index in [0.717, 1.165) is 25.7 Å². The first-order valence-corrected chi connectivity index (χ1v) is 13.2. The molecule has 0 amide bonds. The Morgan fingerprint density at radius 1 is 1.30 bits per heavy atom. The summed E-state index contributed by atoms with van der Waals surface area (Å²) in [6, 6.07) is 5.30. The van der Waals surface area contributed by atoms with E-state index in [1.54, 1.807) is 13.3 Å². The summed E-state index contributed by atoms with van der Waals surface area (Å²) in [6.07, 6.45) is 8.39. The number of aromatic amines is 1. The van der Waals surface area contributed by atoms with Gasteiger partial charge in [0.15, 0.2) is 0 Å². The Bertz CT molecular complexity index is 1140. The molecule has 0 bridgehead atoms. The maximum atomic E-state index is 12.4. The largest absolute Gasteiger partial charge is 0.472 e. The molecule has 3 heterocycles. The lowest BCUT2D eigenvalue weighted by atomic mass is 9.83. The van der Waals surface area contributed by atoms with Crippen molar-refractivity contribution in [3.8, 4) is 23.2 Å². The van der Waals surface area contributed by atoms with Gasteiger partial charge in [0.25, 0.3) is 5.88 Å². The van der Waals surface area contributed by atoms with E-state index in [0.29, 0.717) is 72.9 Å². The zero-order valence-electron chi connectivity index (χ0n) is 21.4. The van der Waals surface area contributed by atoms with Gasteiger partial charge in [0.1, 0.15) is 12.4 Å². The average molecular weight is 531 g/mol. The molecule has 1 unspecified atom stereocenters. The fraction of sp³-hybridized carbons (Fsp3) is 0.615. The average Bonchev–Trinajstić information content (AvgIpc) is 2.91. The third kappa shape index (κ3) is 7.20. The van der Waals surface area contributed by atoms with Crippen LogP contribution in [-0.2, 0) is 9.47 Å². The minimum atomic E-state index is -0.690. The molecular formula is C26H35ClN6O4. The van der Waals surface area contributed by atoms with Crippen molar-refractivity contribution < 1.29 is 14.2 Å². The molecule has 0 aromatic carbocycles. The first kappa shape index (κ1) is 27.3. The molecule has 10 nitrogen and oxygen atoms in total. The van der Waals surface area contributed by atoms with Crippen LogP contribution in [0, 0.1) is 16.7 Å². The topological polar surface area (TPSA) is 134 Å². The molecule has 1 aliphatic heterocycles. The molecule has 2 aliphatic rings. The third-order valence-electron chi connectivity index (χ3n) is 7.08. The van der Waals surface area contributed by atoms with E-state index in [-0.39, 0.29) is 12.5 Å². The number of aromatic nitrogens is 3. The van der Waals surface area contributed by atoms with Gasteiger partial charge in [0.05, 0.1) is 28.8 Å². The second-order valence-electron chi connectivity index (χ2n) is 9.98. The molecular weight excluding hydrogens is 496 g/mol. The lowest BCUT2D eigenvalue weighted by Gasteiger charge is -2.32. The summed E-state index contributed by atoms with van der Waals surface area (Å²) < 4.78 is 16.3. The van der Waals surface area contributed by atoms with Crippen molar-refractivity contribution in [2.24, 2.45) is 5.41 Å². The van der Waals surface area contributed by atoms with Crippen LogP contribution in [0.1, 0.15) is 45.4 Å². The summed E-state index contributed by atoms with van der Waals surface area (Å²) in [6.45, 7) is 3.91. The summed E-state index contributed by atoms with van der Waals surface area (Å²) >= 11 is 6.46. The zero-order chi connectivity index (χ0) is 26.3. The maximum Gasteiger partial charge on any atom is 0.310 e. The first-order valence-electron chi connectivity index (χ1n) is 12.8. The predicted molar refractivity (Wildman–Crippen MR) is 141 cm³/mol. The molecule has 4 rings (SSSR count). The third-order valence-corrected chi connectivity index (χ3v) is 7.38. The molecule has 1 aliphatic carbocycles. The molecule has 1 atom stereocenters. The summed E-state index contributed by atoms with van der Waals surface area (Å²) in [4.78, 5) is 24.0. The molecule has 11 heteroatoms. The van der Waals surface area contributed by atoms with E-state index < -0.39 is 11.0 Å². The highest BCUT2D eigenvalue weighted by Gasteiger charge is 2.34. The monoisotopic (exact) mass is 530 g/mol. The van der Waals surface area contributed by atoms with Crippen LogP contribution < -0.4 is 20.9 Å². The lowest BCUT2D eigenvalue weighted by molar-refractivity contribution is 0.0180. The predicted octanol–water partition coefficient (Wildman–Crippen LogP) is 3.53. The van der Waals surface area contributed by atoms with Gasteiger partial charge in [0.2, 0.25) is 0 Å². The molecule has 3 N–H and O–H groups in total. The zero-order valence-corrected chi connectivity index (χ0v) is 22.1. The highest BCUT2D eigenvalue weighted by molar-refractivity contribution is 6.33. The summed E-state index contributed by atoms with van der Waals surface area (Å²) in [5.41, 5.74) is -0.0600. The Morgan fingerprint density at radius 2 is 2.03 bits per heavy atom. The van der Waals surface area contributed by atoms with Crippen molar-refractivity contribution in [1.29, 1.82) is 5.26 Å². The standard InChI is InChI=1S/C26H35ClN6O4/c1-17(14-35-2)31-18-3-5-19(6-4-18)32-23-11-20(21(27)12-29-23)22-13-30-24(34)25(33-22)37-16-26(15-28)7-9-36-10-8-26/h11-13,17-19,31H,3-10,14,16H2,1-2H3,(H,29,32)(H,30,34). The van der Waals surface area contributed by atoms with E-state index in [1.165, 1.54) is 6.20 Å². The molecule has 2 aromatic heterocycles. The van der Waals surface area contributed by atoms with Gasteiger partial charge in [-0.15, -0.1) is 0 Å². The second-order valence-corrected chi connectivity index (χ2v) is 10.4. The van der Waals surface area contributed by atoms with Crippen molar-refractivity contribution in [1.82, 2.24) is 20.3 Å². The Balaban J connectivity index is 1.41. The van der Waals surface area contributed by atoms with Crippen molar-refractivity contribution in [3.05, 3.63) is 33.8 Å². The Kier molecular flexibility index (Phi) is 9.38. The van der Waals surface area contributed by atoms with Crippen molar-refractivity contribution in [2.45, 2.75) is 63.6 Å². The molecule has 1 saturated heterocycles. The van der Waals surface area contributed by atoms with E-state index in [9.17, 15) is 10.1 Å². The molecule has 2 fully saturated rings. The van der Waals surface area contributed by atoms with Crippen LogP contribution in [0.25, 0.3) is 11.3 Å². The first-order chi connectivity index (χ1) is 17.9. The number of nitrogens with one attached hydrogen (secondary N) is 3. The summed E-state index contributed by atoms with van der Waals surface area (Å²) in [7, 11) is 1.72. The number of hydrogen-bond donors (Lipinski definition) is 3. The van der Waals surface area contributed by atoms with Crippen LogP contribution >= 0.6 is 11.6 Å². The number of anilines is 1. The number of nitrogens with zero attached hydrogens (tertiary/aromatic N) is 3. The van der Waals surface area contributed by atoms with E-state index >= 15 is 0 Å². The number of H-pyrrole nitrogens is 1. The number of ether oxygens (including phenoxy) is 3. The smallest absolute Gasteiger partial charge is 0.310 e. The second kappa shape index (κ2) is 12.7. The number of hydrogen-bond acceptors (Lipinski definition) is 9. The number of halogens is 1. The molecule has 37 heavy (non-hydrogen) atoms. The van der Waals surface area contributed by atoms with E-state index in [1.807, 2.05) is 6.07 Å². The van der Waals surface area contributed by atoms with Crippen molar-refractivity contribution >= 4 is 17.4 Å². The van der Waals surface area contributed by atoms with Crippen molar-refractivity contribution in [3.63, 3.8) is 0 Å². The molecule has 2 aromatic rings. The van der Waals surface area contributed by atoms with Crippen LogP contribution in [0.15, 0.2) is 23.3 Å². The fourth-order valence-electron chi connectivity index (χ4n) is 4.91. The number of nitriles is 1. The number of rotatable bonds is 10. The summed E-state index contributed by atoms with van der Waals surface area (Å²) in [5, 5.41) is 17.2. The quantitative estimate of drug-likeness (QED) is 0.421. The Hall–Kier alpha value is -2.71. The lowest BCUT2D eigenvalue weighted by Crippen LogP contribution is -2.42. The number of pyridine rings is 1. The van der Waals surface area contributed by atoms with E-state index in [2.05, 4.69) is 38.6 Å². The highest BCUT2D eigenvalue weighted by Crippen LogP contribution is 2.32. The van der Waals surface area contributed by atoms with Gasteiger partial charge < -0.3 is 29.8 Å². The van der Waals surface area contributed by atoms with Gasteiger partial charge in [-0.2, -0.15) is 5.26 Å². The van der Waals surface area contributed by atoms with E-state index in [4.69, 9.17) is 25.8 Å². The molecule has 0 spiro atoms. The molecule has 0 radical (unpaired) electrons. The fourth-order valence-corrected chi connectivity index (χ4v) is 5.11. The van der Waals surface area contributed by atoms with Gasteiger partial charge in [0, 0.05) is 56.4 Å². The van der Waals surface area contributed by atoms with Crippen molar-refractivity contribution in [2.75, 3.05) is 38.9 Å². The van der Waals surface area contributed by atoms with Gasteiger partial charge in [-0.1, -0.05) is 11.6 Å². The van der Waals surface area contributed by atoms with Crippen LogP contribution in [0.4, 0.5) is 5.82 Å². The minimum Gasteiger partial charge on any atom is -0.472 e. The number of methoxy groups -OCH3 is 1. The van der Waals surface area contributed by atoms with Crippen LogP contribution in [-0.4, -0.2) is 66.6 Å². The molecule has 200 valence electrons. The van der Waals surface area contributed by atoms with Gasteiger partial charge in [-0.3, -0.25) is 4.79 Å². The Labute approximate surface area is 222 Å². The van der Waals surface area contributed by atoms with Gasteiger partial charge in [-0.25, -0.2) is 9.97 Å². The Morgan fingerprint density at radius 3 is 2.73 bits per heavy atom. The highest BCUT2D eigenvalue weighted by atomic mass is 35.5. The summed E-state index contributed by atoms with van der Waals surface area (Å²) in [5.74, 6) is 0.610. The van der Waals surface area contributed by atoms with Gasteiger partial charge in [-0.05, 0) is 51.5 Å². The molecule has 1 saturated carbocycles.